The van der Waals surface area contributed by atoms with Gasteiger partial charge in [-0.1, -0.05) is 46.3 Å². The molecule has 0 saturated carbocycles. The normalized spacial score (nSPS) is 22.8. The number of carbonyl (C=O) groups is 3. The molecular formula is C18H22BrNO5S. The molecule has 0 radical (unpaired) electrons. The fraction of sp³-hybridized carbons (Fsp3) is 0.500. The molecular weight excluding hydrogens is 422 g/mol. The molecule has 1 aliphatic heterocycles. The SMILES string of the molecule is COC(=O)[C@@H]1S[C@@H](C(=O)OC(C)(C)C)N(C(=O)CBr)[C@H]1c1ccccc1. The quantitative estimate of drug-likeness (QED) is 0.526. The van der Waals surface area contributed by atoms with Crippen LogP contribution in [0.1, 0.15) is 32.4 Å². The van der Waals surface area contributed by atoms with Crippen molar-refractivity contribution in [2.45, 2.75) is 43.0 Å². The summed E-state index contributed by atoms with van der Waals surface area (Å²) in [6.45, 7) is 5.27. The Kier molecular flexibility index (Phi) is 6.74. The van der Waals surface area contributed by atoms with E-state index in [2.05, 4.69) is 15.9 Å². The average Bonchev–Trinajstić information content (AvgIpc) is 3.00. The van der Waals surface area contributed by atoms with Gasteiger partial charge >= 0.3 is 11.9 Å². The van der Waals surface area contributed by atoms with Gasteiger partial charge in [0, 0.05) is 0 Å². The highest BCUT2D eigenvalue weighted by molar-refractivity contribution is 9.09. The molecule has 0 aromatic heterocycles. The molecule has 3 atom stereocenters. The van der Waals surface area contributed by atoms with Crippen LogP contribution in [-0.2, 0) is 23.9 Å². The Morgan fingerprint density at radius 1 is 1.15 bits per heavy atom. The van der Waals surface area contributed by atoms with Crippen LogP contribution in [0.2, 0.25) is 0 Å². The third-order valence-electron chi connectivity index (χ3n) is 3.70. The number of rotatable bonds is 4. The molecule has 1 amide bonds. The Hall–Kier alpha value is -1.54. The maximum Gasteiger partial charge on any atom is 0.340 e. The molecule has 1 aromatic rings. The lowest BCUT2D eigenvalue weighted by Crippen LogP contribution is -2.45. The van der Waals surface area contributed by atoms with Gasteiger partial charge in [0.1, 0.15) is 10.9 Å². The lowest BCUT2D eigenvalue weighted by atomic mass is 10.0. The topological polar surface area (TPSA) is 72.9 Å². The summed E-state index contributed by atoms with van der Waals surface area (Å²) in [5, 5.41) is -1.61. The molecule has 1 saturated heterocycles. The molecule has 0 aliphatic carbocycles. The first-order valence-electron chi connectivity index (χ1n) is 8.08. The van der Waals surface area contributed by atoms with Crippen molar-refractivity contribution in [2.75, 3.05) is 12.4 Å². The maximum atomic E-state index is 12.7. The molecule has 8 heteroatoms. The highest BCUT2D eigenvalue weighted by Crippen LogP contribution is 2.46. The molecule has 1 heterocycles. The van der Waals surface area contributed by atoms with Gasteiger partial charge in [0.15, 0.2) is 5.37 Å². The Morgan fingerprint density at radius 2 is 1.77 bits per heavy atom. The molecule has 0 bridgehead atoms. The number of amides is 1. The lowest BCUT2D eigenvalue weighted by molar-refractivity contribution is -0.161. The predicted octanol–water partition coefficient (Wildman–Crippen LogP) is 2.91. The van der Waals surface area contributed by atoms with Gasteiger partial charge in [0.25, 0.3) is 0 Å². The second-order valence-electron chi connectivity index (χ2n) is 6.76. The van der Waals surface area contributed by atoms with Gasteiger partial charge in [0.2, 0.25) is 5.91 Å². The Morgan fingerprint density at radius 3 is 2.27 bits per heavy atom. The first-order chi connectivity index (χ1) is 12.2. The third kappa shape index (κ3) is 4.59. The van der Waals surface area contributed by atoms with Crippen LogP contribution in [0.4, 0.5) is 0 Å². The van der Waals surface area contributed by atoms with Gasteiger partial charge in [-0.25, -0.2) is 4.79 Å². The molecule has 1 fully saturated rings. The number of hydrogen-bond donors (Lipinski definition) is 0. The van der Waals surface area contributed by atoms with Crippen LogP contribution in [0.3, 0.4) is 0 Å². The summed E-state index contributed by atoms with van der Waals surface area (Å²) < 4.78 is 10.4. The minimum absolute atomic E-state index is 0.0318. The van der Waals surface area contributed by atoms with Crippen LogP contribution >= 0.6 is 27.7 Å². The summed E-state index contributed by atoms with van der Waals surface area (Å²) in [7, 11) is 1.29. The number of carbonyl (C=O) groups excluding carboxylic acids is 3. The molecule has 6 nitrogen and oxygen atoms in total. The van der Waals surface area contributed by atoms with E-state index in [1.165, 1.54) is 12.0 Å². The van der Waals surface area contributed by atoms with Crippen molar-refractivity contribution in [3.05, 3.63) is 35.9 Å². The largest absolute Gasteiger partial charge is 0.468 e. The smallest absolute Gasteiger partial charge is 0.340 e. The number of nitrogens with zero attached hydrogens (tertiary/aromatic N) is 1. The maximum absolute atomic E-state index is 12.7. The lowest BCUT2D eigenvalue weighted by Gasteiger charge is -2.30. The van der Waals surface area contributed by atoms with Crippen molar-refractivity contribution in [3.8, 4) is 0 Å². The van der Waals surface area contributed by atoms with Crippen LogP contribution < -0.4 is 0 Å². The number of thioether (sulfide) groups is 1. The minimum Gasteiger partial charge on any atom is -0.468 e. The van der Waals surface area contributed by atoms with E-state index in [0.717, 1.165) is 17.3 Å². The Balaban J connectivity index is 2.48. The van der Waals surface area contributed by atoms with E-state index in [-0.39, 0.29) is 11.2 Å². The van der Waals surface area contributed by atoms with Gasteiger partial charge in [-0.2, -0.15) is 0 Å². The molecule has 1 aliphatic rings. The summed E-state index contributed by atoms with van der Waals surface area (Å²) in [6, 6.07) is 8.54. The molecule has 26 heavy (non-hydrogen) atoms. The minimum atomic E-state index is -0.923. The van der Waals surface area contributed by atoms with E-state index in [9.17, 15) is 14.4 Å². The van der Waals surface area contributed by atoms with Crippen LogP contribution in [0.15, 0.2) is 30.3 Å². The molecule has 0 N–H and O–H groups in total. The van der Waals surface area contributed by atoms with Crippen molar-refractivity contribution in [3.63, 3.8) is 0 Å². The number of alkyl halides is 1. The van der Waals surface area contributed by atoms with Crippen molar-refractivity contribution in [2.24, 2.45) is 0 Å². The molecule has 2 rings (SSSR count). The number of hydrogen-bond acceptors (Lipinski definition) is 6. The van der Waals surface area contributed by atoms with Crippen molar-refractivity contribution in [1.82, 2.24) is 4.90 Å². The average molecular weight is 444 g/mol. The van der Waals surface area contributed by atoms with Crippen LogP contribution in [0, 0.1) is 0 Å². The zero-order chi connectivity index (χ0) is 19.5. The molecule has 142 valence electrons. The monoisotopic (exact) mass is 443 g/mol. The van der Waals surface area contributed by atoms with Crippen molar-refractivity contribution in [1.29, 1.82) is 0 Å². The summed E-state index contributed by atoms with van der Waals surface area (Å²) >= 11 is 4.25. The number of halogens is 1. The zero-order valence-electron chi connectivity index (χ0n) is 15.1. The Labute approximate surface area is 165 Å². The van der Waals surface area contributed by atoms with E-state index < -0.39 is 34.2 Å². The zero-order valence-corrected chi connectivity index (χ0v) is 17.5. The Bertz CT molecular complexity index is 676. The third-order valence-corrected chi connectivity index (χ3v) is 5.60. The van der Waals surface area contributed by atoms with Gasteiger partial charge in [0.05, 0.1) is 18.5 Å². The summed E-state index contributed by atoms with van der Waals surface area (Å²) in [5.41, 5.74) is 0.0579. The van der Waals surface area contributed by atoms with Gasteiger partial charge in [-0.05, 0) is 26.3 Å². The van der Waals surface area contributed by atoms with Crippen LogP contribution in [0.25, 0.3) is 0 Å². The van der Waals surface area contributed by atoms with E-state index in [1.807, 2.05) is 30.3 Å². The number of esters is 2. The molecule has 1 aromatic carbocycles. The number of benzene rings is 1. The second kappa shape index (κ2) is 8.43. The van der Waals surface area contributed by atoms with E-state index >= 15 is 0 Å². The number of ether oxygens (including phenoxy) is 2. The summed E-state index contributed by atoms with van der Waals surface area (Å²) in [5.74, 6) is -1.33. The van der Waals surface area contributed by atoms with Gasteiger partial charge in [-0.3, -0.25) is 9.59 Å². The van der Waals surface area contributed by atoms with Crippen molar-refractivity contribution < 1.29 is 23.9 Å². The fourth-order valence-corrected chi connectivity index (χ4v) is 4.48. The van der Waals surface area contributed by atoms with Crippen LogP contribution in [0.5, 0.6) is 0 Å². The molecule has 0 spiro atoms. The predicted molar refractivity (Wildman–Crippen MR) is 103 cm³/mol. The van der Waals surface area contributed by atoms with E-state index in [0.29, 0.717) is 0 Å². The van der Waals surface area contributed by atoms with Crippen molar-refractivity contribution >= 4 is 45.5 Å². The highest BCUT2D eigenvalue weighted by atomic mass is 79.9. The summed E-state index contributed by atoms with van der Waals surface area (Å²) in [4.78, 5) is 39.1. The highest BCUT2D eigenvalue weighted by Gasteiger charge is 2.52. The van der Waals surface area contributed by atoms with E-state index in [1.54, 1.807) is 20.8 Å². The van der Waals surface area contributed by atoms with Crippen LogP contribution in [-0.4, -0.2) is 51.4 Å². The number of methoxy groups -OCH3 is 1. The first kappa shape index (κ1) is 20.8. The summed E-state index contributed by atoms with van der Waals surface area (Å²) in [6.07, 6.45) is 0. The molecule has 0 unspecified atom stereocenters. The van der Waals surface area contributed by atoms with E-state index in [4.69, 9.17) is 9.47 Å². The second-order valence-corrected chi connectivity index (χ2v) is 8.54. The van der Waals surface area contributed by atoms with Gasteiger partial charge in [-0.15, -0.1) is 11.8 Å². The first-order valence-corrected chi connectivity index (χ1v) is 10.1. The fourth-order valence-electron chi connectivity index (χ4n) is 2.73. The standard InChI is InChI=1S/C18H22BrNO5S/c1-18(2,3)25-17(23)15-20(12(21)10-19)13(11-8-6-5-7-9-11)14(26-15)16(22)24-4/h5-9,13-15H,10H2,1-4H3/t13-,14+,15-/m0/s1. The van der Waals surface area contributed by atoms with Gasteiger partial charge < -0.3 is 14.4 Å².